The molecule has 96 valence electrons. The smallest absolute Gasteiger partial charge is 0.142 e. The van der Waals surface area contributed by atoms with Gasteiger partial charge in [-0.1, -0.05) is 11.6 Å². The van der Waals surface area contributed by atoms with Crippen LogP contribution in [0.15, 0.2) is 40.6 Å². The van der Waals surface area contributed by atoms with Crippen LogP contribution in [0.25, 0.3) is 10.2 Å². The SMILES string of the molecule is Nc1nc(CSc2ccc(Cl)cc2)nc2sccc12. The van der Waals surface area contributed by atoms with Gasteiger partial charge in [0.2, 0.25) is 0 Å². The van der Waals surface area contributed by atoms with E-state index in [-0.39, 0.29) is 0 Å². The normalized spacial score (nSPS) is 11.0. The van der Waals surface area contributed by atoms with Gasteiger partial charge in [0.15, 0.2) is 0 Å². The predicted molar refractivity (Wildman–Crippen MR) is 82.8 cm³/mol. The Morgan fingerprint density at radius 1 is 1.16 bits per heavy atom. The molecule has 19 heavy (non-hydrogen) atoms. The van der Waals surface area contributed by atoms with E-state index in [1.54, 1.807) is 23.1 Å². The Bertz CT molecular complexity index is 709. The van der Waals surface area contributed by atoms with Gasteiger partial charge < -0.3 is 5.73 Å². The summed E-state index contributed by atoms with van der Waals surface area (Å²) in [4.78, 5) is 10.9. The van der Waals surface area contributed by atoms with Crippen LogP contribution in [0.3, 0.4) is 0 Å². The Kier molecular flexibility index (Phi) is 3.59. The average Bonchev–Trinajstić information content (AvgIpc) is 2.87. The minimum atomic E-state index is 0.554. The first kappa shape index (κ1) is 12.7. The molecule has 1 aromatic carbocycles. The van der Waals surface area contributed by atoms with Crippen molar-refractivity contribution in [3.8, 4) is 0 Å². The summed E-state index contributed by atoms with van der Waals surface area (Å²) in [5, 5.41) is 3.65. The van der Waals surface area contributed by atoms with Gasteiger partial charge in [-0.3, -0.25) is 0 Å². The van der Waals surface area contributed by atoms with E-state index < -0.39 is 0 Å². The number of fused-ring (bicyclic) bond motifs is 1. The number of nitrogen functional groups attached to an aromatic ring is 1. The van der Waals surface area contributed by atoms with Crippen LogP contribution in [-0.2, 0) is 5.75 Å². The molecule has 0 saturated heterocycles. The van der Waals surface area contributed by atoms with Crippen molar-refractivity contribution in [3.63, 3.8) is 0 Å². The van der Waals surface area contributed by atoms with E-state index in [1.807, 2.05) is 35.7 Å². The number of halogens is 1. The number of thioether (sulfide) groups is 1. The van der Waals surface area contributed by atoms with Crippen LogP contribution in [0, 0.1) is 0 Å². The summed E-state index contributed by atoms with van der Waals surface area (Å²) >= 11 is 9.10. The molecule has 3 aromatic rings. The summed E-state index contributed by atoms with van der Waals surface area (Å²) in [6.07, 6.45) is 0. The Morgan fingerprint density at radius 3 is 2.74 bits per heavy atom. The van der Waals surface area contributed by atoms with E-state index in [2.05, 4.69) is 9.97 Å². The van der Waals surface area contributed by atoms with Gasteiger partial charge in [-0.15, -0.1) is 23.1 Å². The fourth-order valence-electron chi connectivity index (χ4n) is 1.67. The van der Waals surface area contributed by atoms with E-state index in [4.69, 9.17) is 17.3 Å². The Labute approximate surface area is 123 Å². The molecule has 0 aliphatic heterocycles. The zero-order valence-electron chi connectivity index (χ0n) is 9.84. The van der Waals surface area contributed by atoms with Crippen molar-refractivity contribution in [2.45, 2.75) is 10.6 Å². The largest absolute Gasteiger partial charge is 0.383 e. The number of thiophene rings is 1. The van der Waals surface area contributed by atoms with Crippen molar-refractivity contribution in [2.75, 3.05) is 5.73 Å². The molecular formula is C13H10ClN3S2. The van der Waals surface area contributed by atoms with Crippen molar-refractivity contribution in [3.05, 3.63) is 46.6 Å². The highest BCUT2D eigenvalue weighted by molar-refractivity contribution is 7.98. The van der Waals surface area contributed by atoms with Crippen LogP contribution in [0.4, 0.5) is 5.82 Å². The molecule has 0 unspecified atom stereocenters. The number of nitrogens with two attached hydrogens (primary N) is 1. The first-order chi connectivity index (χ1) is 9.22. The van der Waals surface area contributed by atoms with Gasteiger partial charge in [0, 0.05) is 9.92 Å². The number of hydrogen-bond acceptors (Lipinski definition) is 5. The molecule has 6 heteroatoms. The minimum absolute atomic E-state index is 0.554. The molecular weight excluding hydrogens is 298 g/mol. The maximum absolute atomic E-state index is 5.92. The summed E-state index contributed by atoms with van der Waals surface area (Å²) in [5.41, 5.74) is 5.92. The van der Waals surface area contributed by atoms with Gasteiger partial charge in [0.1, 0.15) is 16.5 Å². The molecule has 0 aliphatic rings. The maximum atomic E-state index is 5.92. The van der Waals surface area contributed by atoms with E-state index in [0.717, 1.165) is 26.0 Å². The van der Waals surface area contributed by atoms with Gasteiger partial charge in [-0.2, -0.15) is 0 Å². The molecule has 0 fully saturated rings. The first-order valence-electron chi connectivity index (χ1n) is 5.60. The third-order valence-corrected chi connectivity index (χ3v) is 4.65. The minimum Gasteiger partial charge on any atom is -0.383 e. The van der Waals surface area contributed by atoms with E-state index in [0.29, 0.717) is 11.6 Å². The van der Waals surface area contributed by atoms with Crippen molar-refractivity contribution in [2.24, 2.45) is 0 Å². The topological polar surface area (TPSA) is 51.8 Å². The highest BCUT2D eigenvalue weighted by Crippen LogP contribution is 2.27. The predicted octanol–water partition coefficient (Wildman–Crippen LogP) is 4.22. The van der Waals surface area contributed by atoms with Gasteiger partial charge in [-0.25, -0.2) is 9.97 Å². The second-order valence-corrected chi connectivity index (χ2v) is 6.29. The van der Waals surface area contributed by atoms with Crippen molar-refractivity contribution in [1.82, 2.24) is 9.97 Å². The van der Waals surface area contributed by atoms with E-state index in [1.165, 1.54) is 0 Å². The van der Waals surface area contributed by atoms with Gasteiger partial charge in [0.05, 0.1) is 11.1 Å². The monoisotopic (exact) mass is 307 g/mol. The molecule has 0 radical (unpaired) electrons. The molecule has 2 N–H and O–H groups in total. The molecule has 2 heterocycles. The van der Waals surface area contributed by atoms with Crippen LogP contribution < -0.4 is 5.73 Å². The summed E-state index contributed by atoms with van der Waals surface area (Å²) in [7, 11) is 0. The molecule has 0 aliphatic carbocycles. The van der Waals surface area contributed by atoms with Crippen LogP contribution in [0.1, 0.15) is 5.82 Å². The summed E-state index contributed by atoms with van der Waals surface area (Å²) in [6.45, 7) is 0. The molecule has 0 atom stereocenters. The molecule has 0 spiro atoms. The number of hydrogen-bond donors (Lipinski definition) is 1. The summed E-state index contributed by atoms with van der Waals surface area (Å²) in [5.74, 6) is 2.00. The van der Waals surface area contributed by atoms with Crippen molar-refractivity contribution >= 4 is 50.7 Å². The van der Waals surface area contributed by atoms with Crippen LogP contribution >= 0.6 is 34.7 Å². The lowest BCUT2D eigenvalue weighted by atomic mass is 10.4. The van der Waals surface area contributed by atoms with E-state index in [9.17, 15) is 0 Å². The number of benzene rings is 1. The third kappa shape index (κ3) is 2.83. The zero-order chi connectivity index (χ0) is 13.2. The Hall–Kier alpha value is -1.30. The lowest BCUT2D eigenvalue weighted by Gasteiger charge is -2.03. The second-order valence-electron chi connectivity index (χ2n) is 3.91. The Balaban J connectivity index is 1.79. The standard InChI is InChI=1S/C13H10ClN3S2/c14-8-1-3-9(4-2-8)19-7-11-16-12(15)10-5-6-18-13(10)17-11/h1-6H,7H2,(H2,15,16,17). The quantitative estimate of drug-likeness (QED) is 0.736. The fraction of sp³-hybridized carbons (Fsp3) is 0.0769. The molecule has 2 aromatic heterocycles. The van der Waals surface area contributed by atoms with Gasteiger partial charge in [0.25, 0.3) is 0 Å². The third-order valence-electron chi connectivity index (χ3n) is 2.58. The second kappa shape index (κ2) is 5.36. The fourth-order valence-corrected chi connectivity index (χ4v) is 3.34. The molecule has 0 saturated carbocycles. The average molecular weight is 308 g/mol. The number of nitrogens with zero attached hydrogens (tertiary/aromatic N) is 2. The number of rotatable bonds is 3. The van der Waals surface area contributed by atoms with Crippen LogP contribution in [0.2, 0.25) is 5.02 Å². The van der Waals surface area contributed by atoms with Crippen LogP contribution in [0.5, 0.6) is 0 Å². The van der Waals surface area contributed by atoms with Crippen molar-refractivity contribution in [1.29, 1.82) is 0 Å². The maximum Gasteiger partial charge on any atom is 0.142 e. The lowest BCUT2D eigenvalue weighted by molar-refractivity contribution is 1.08. The highest BCUT2D eigenvalue weighted by Gasteiger charge is 2.06. The Morgan fingerprint density at radius 2 is 1.95 bits per heavy atom. The van der Waals surface area contributed by atoms with Gasteiger partial charge >= 0.3 is 0 Å². The van der Waals surface area contributed by atoms with Crippen LogP contribution in [-0.4, -0.2) is 9.97 Å². The molecule has 3 nitrogen and oxygen atoms in total. The first-order valence-corrected chi connectivity index (χ1v) is 7.84. The van der Waals surface area contributed by atoms with Crippen molar-refractivity contribution < 1.29 is 0 Å². The molecule has 0 amide bonds. The molecule has 0 bridgehead atoms. The number of aromatic nitrogens is 2. The highest BCUT2D eigenvalue weighted by atomic mass is 35.5. The summed E-state index contributed by atoms with van der Waals surface area (Å²) in [6, 6.07) is 9.68. The zero-order valence-corrected chi connectivity index (χ0v) is 12.2. The van der Waals surface area contributed by atoms with Gasteiger partial charge in [-0.05, 0) is 35.7 Å². The number of anilines is 1. The summed E-state index contributed by atoms with van der Waals surface area (Å²) < 4.78 is 0. The lowest BCUT2D eigenvalue weighted by Crippen LogP contribution is -1.98. The van der Waals surface area contributed by atoms with E-state index >= 15 is 0 Å². The molecule has 3 rings (SSSR count).